The minimum absolute atomic E-state index is 0.740. The number of hydrogen-bond donors (Lipinski definition) is 0. The fourth-order valence-electron chi connectivity index (χ4n) is 2.26. The molecule has 1 fully saturated rings. The molecule has 99 valence electrons. The summed E-state index contributed by atoms with van der Waals surface area (Å²) in [5, 5.41) is 0. The second-order valence-corrected chi connectivity index (χ2v) is 6.77. The summed E-state index contributed by atoms with van der Waals surface area (Å²) in [6, 6.07) is 1.09. The molecule has 0 heterocycles. The van der Waals surface area contributed by atoms with Crippen LogP contribution in [0.1, 0.15) is 58.3 Å². The normalized spacial score (nSPS) is 18.8. The minimum Gasteiger partial charge on any atom is -0.525 e. The molecule has 0 saturated heterocycles. The third kappa shape index (κ3) is 6.89. The number of rotatable bonds is 7. The van der Waals surface area contributed by atoms with Gasteiger partial charge in [0.1, 0.15) is 0 Å². The fourth-order valence-corrected chi connectivity index (χ4v) is 3.55. The van der Waals surface area contributed by atoms with E-state index in [4.69, 9.17) is 8.85 Å². The van der Waals surface area contributed by atoms with Gasteiger partial charge in [-0.15, -0.1) is 0 Å². The Hall–Kier alpha value is -0.283. The zero-order valence-corrected chi connectivity index (χ0v) is 12.4. The highest BCUT2D eigenvalue weighted by atomic mass is 28.3. The van der Waals surface area contributed by atoms with Gasteiger partial charge in [0.05, 0.1) is 6.26 Å². The van der Waals surface area contributed by atoms with E-state index >= 15 is 0 Å². The van der Waals surface area contributed by atoms with Gasteiger partial charge >= 0.3 is 9.28 Å². The Morgan fingerprint density at radius 2 is 1.88 bits per heavy atom. The first-order chi connectivity index (χ1) is 8.36. The highest BCUT2D eigenvalue weighted by molar-refractivity contribution is 6.44. The minimum atomic E-state index is -1.04. The van der Waals surface area contributed by atoms with Crippen molar-refractivity contribution in [2.24, 2.45) is 5.92 Å². The predicted molar refractivity (Wildman–Crippen MR) is 73.9 cm³/mol. The molecule has 0 aliphatic heterocycles. The van der Waals surface area contributed by atoms with Gasteiger partial charge in [-0.05, 0) is 24.8 Å². The summed E-state index contributed by atoms with van der Waals surface area (Å²) in [5.41, 5.74) is 0. The van der Waals surface area contributed by atoms with Gasteiger partial charge in [0.15, 0.2) is 0 Å². The average molecular weight is 255 g/mol. The molecule has 0 aromatic heterocycles. The van der Waals surface area contributed by atoms with Gasteiger partial charge in [0.2, 0.25) is 0 Å². The molecule has 1 rings (SSSR count). The standard InChI is InChI=1S/C14H27O2Si/c1-3-4-13-17(15-2)16-12-11-14-9-7-5-6-8-10-14/h11-12,14H,3-10,13H2,1-2H3. The molecular weight excluding hydrogens is 228 g/mol. The first-order valence-corrected chi connectivity index (χ1v) is 8.62. The summed E-state index contributed by atoms with van der Waals surface area (Å²) in [6.07, 6.45) is 14.9. The summed E-state index contributed by atoms with van der Waals surface area (Å²) in [7, 11) is 0.725. The lowest BCUT2D eigenvalue weighted by molar-refractivity contribution is 0.302. The topological polar surface area (TPSA) is 18.5 Å². The molecule has 1 aliphatic rings. The van der Waals surface area contributed by atoms with Crippen LogP contribution >= 0.6 is 0 Å². The van der Waals surface area contributed by atoms with Crippen molar-refractivity contribution in [3.8, 4) is 0 Å². The molecule has 0 N–H and O–H groups in total. The quantitative estimate of drug-likeness (QED) is 0.381. The van der Waals surface area contributed by atoms with E-state index in [9.17, 15) is 0 Å². The largest absolute Gasteiger partial charge is 0.525 e. The van der Waals surface area contributed by atoms with E-state index < -0.39 is 9.28 Å². The van der Waals surface area contributed by atoms with Gasteiger partial charge in [-0.3, -0.25) is 0 Å². The summed E-state index contributed by atoms with van der Waals surface area (Å²) in [4.78, 5) is 0. The summed E-state index contributed by atoms with van der Waals surface area (Å²) in [6.45, 7) is 2.20. The Morgan fingerprint density at radius 1 is 1.18 bits per heavy atom. The third-order valence-corrected chi connectivity index (χ3v) is 5.03. The van der Waals surface area contributed by atoms with Gasteiger partial charge in [-0.2, -0.15) is 0 Å². The molecule has 0 aromatic carbocycles. The molecule has 0 spiro atoms. The monoisotopic (exact) mass is 255 g/mol. The van der Waals surface area contributed by atoms with E-state index in [2.05, 4.69) is 13.0 Å². The van der Waals surface area contributed by atoms with Crippen molar-refractivity contribution in [2.75, 3.05) is 7.11 Å². The Bertz CT molecular complexity index is 198. The van der Waals surface area contributed by atoms with Crippen LogP contribution in [0.3, 0.4) is 0 Å². The van der Waals surface area contributed by atoms with Crippen LogP contribution in [-0.2, 0) is 8.85 Å². The number of allylic oxidation sites excluding steroid dienone is 1. The van der Waals surface area contributed by atoms with Crippen molar-refractivity contribution in [3.63, 3.8) is 0 Å². The Balaban J connectivity index is 2.21. The summed E-state index contributed by atoms with van der Waals surface area (Å²) >= 11 is 0. The molecule has 2 nitrogen and oxygen atoms in total. The van der Waals surface area contributed by atoms with Crippen LogP contribution < -0.4 is 0 Å². The molecule has 0 unspecified atom stereocenters. The molecule has 0 atom stereocenters. The van der Waals surface area contributed by atoms with Gasteiger partial charge in [-0.1, -0.05) is 45.4 Å². The Labute approximate surface area is 108 Å². The zero-order chi connectivity index (χ0) is 12.3. The maximum atomic E-state index is 5.74. The summed E-state index contributed by atoms with van der Waals surface area (Å²) in [5.74, 6) is 0.740. The van der Waals surface area contributed by atoms with Crippen LogP contribution in [0.4, 0.5) is 0 Å². The van der Waals surface area contributed by atoms with Crippen LogP contribution in [0, 0.1) is 5.92 Å². The Kier molecular flexibility index (Phi) is 8.45. The van der Waals surface area contributed by atoms with E-state index in [-0.39, 0.29) is 0 Å². The molecule has 1 aliphatic carbocycles. The molecule has 0 bridgehead atoms. The average Bonchev–Trinajstić information content (AvgIpc) is 2.62. The lowest BCUT2D eigenvalue weighted by Crippen LogP contribution is -2.17. The smallest absolute Gasteiger partial charge is 0.457 e. The van der Waals surface area contributed by atoms with Crippen LogP contribution in [0.25, 0.3) is 0 Å². The van der Waals surface area contributed by atoms with Crippen molar-refractivity contribution < 1.29 is 8.85 Å². The van der Waals surface area contributed by atoms with Crippen LogP contribution in [0.2, 0.25) is 6.04 Å². The SMILES string of the molecule is CCCC[Si](OC)OC=CC1CCCCCC1. The van der Waals surface area contributed by atoms with E-state index in [1.807, 2.05) is 6.26 Å². The fraction of sp³-hybridized carbons (Fsp3) is 0.857. The van der Waals surface area contributed by atoms with E-state index in [1.165, 1.54) is 51.4 Å². The van der Waals surface area contributed by atoms with Gasteiger partial charge < -0.3 is 8.85 Å². The predicted octanol–water partition coefficient (Wildman–Crippen LogP) is 4.42. The second kappa shape index (κ2) is 9.72. The third-order valence-electron chi connectivity index (χ3n) is 3.41. The molecule has 0 aromatic rings. The number of unbranched alkanes of at least 4 members (excludes halogenated alkanes) is 1. The van der Waals surface area contributed by atoms with E-state index in [0.29, 0.717) is 0 Å². The van der Waals surface area contributed by atoms with Gasteiger partial charge in [-0.25, -0.2) is 0 Å². The molecule has 1 saturated carbocycles. The second-order valence-electron chi connectivity index (χ2n) is 4.88. The van der Waals surface area contributed by atoms with Crippen molar-refractivity contribution in [1.82, 2.24) is 0 Å². The first-order valence-electron chi connectivity index (χ1n) is 7.10. The van der Waals surface area contributed by atoms with Crippen LogP contribution in [0.5, 0.6) is 0 Å². The molecule has 3 heteroatoms. The summed E-state index contributed by atoms with van der Waals surface area (Å²) < 4.78 is 11.1. The van der Waals surface area contributed by atoms with Crippen molar-refractivity contribution in [1.29, 1.82) is 0 Å². The van der Waals surface area contributed by atoms with Gasteiger partial charge in [0.25, 0.3) is 0 Å². The van der Waals surface area contributed by atoms with Gasteiger partial charge in [0, 0.05) is 13.2 Å². The Morgan fingerprint density at radius 3 is 2.47 bits per heavy atom. The maximum absolute atomic E-state index is 5.74. The van der Waals surface area contributed by atoms with Crippen molar-refractivity contribution >= 4 is 9.28 Å². The van der Waals surface area contributed by atoms with Crippen LogP contribution in [0.15, 0.2) is 12.3 Å². The maximum Gasteiger partial charge on any atom is 0.457 e. The lowest BCUT2D eigenvalue weighted by Gasteiger charge is -2.12. The van der Waals surface area contributed by atoms with Crippen molar-refractivity contribution in [2.45, 2.75) is 64.3 Å². The molecule has 0 amide bonds. The molecule has 1 radical (unpaired) electrons. The highest BCUT2D eigenvalue weighted by Crippen LogP contribution is 2.23. The molecular formula is C14H27O2Si. The van der Waals surface area contributed by atoms with E-state index in [0.717, 1.165) is 12.0 Å². The highest BCUT2D eigenvalue weighted by Gasteiger charge is 2.14. The first kappa shape index (κ1) is 14.8. The zero-order valence-electron chi connectivity index (χ0n) is 11.4. The molecule has 17 heavy (non-hydrogen) atoms. The van der Waals surface area contributed by atoms with Crippen molar-refractivity contribution in [3.05, 3.63) is 12.3 Å². The number of hydrogen-bond acceptors (Lipinski definition) is 2. The lowest BCUT2D eigenvalue weighted by atomic mass is 10.0. The van der Waals surface area contributed by atoms with E-state index in [1.54, 1.807) is 7.11 Å². The van der Waals surface area contributed by atoms with Crippen LogP contribution in [-0.4, -0.2) is 16.4 Å².